The summed E-state index contributed by atoms with van der Waals surface area (Å²) in [6.07, 6.45) is 5.79. The Balaban J connectivity index is 3.02. The molecule has 0 spiro atoms. The van der Waals surface area contributed by atoms with Crippen LogP contribution >= 0.6 is 0 Å². The van der Waals surface area contributed by atoms with Gasteiger partial charge in [-0.2, -0.15) is 0 Å². The molecule has 3 nitrogen and oxygen atoms in total. The normalized spacial score (nSPS) is 11.5. The highest BCUT2D eigenvalue weighted by atomic mass is 19.1. The first kappa shape index (κ1) is 21.6. The van der Waals surface area contributed by atoms with Gasteiger partial charge in [0.2, 0.25) is 0 Å². The van der Waals surface area contributed by atoms with E-state index in [-0.39, 0.29) is 11.7 Å². The van der Waals surface area contributed by atoms with Crippen molar-refractivity contribution in [1.82, 2.24) is 5.32 Å². The van der Waals surface area contributed by atoms with Crippen LogP contribution in [0.25, 0.3) is 0 Å². The molecule has 0 saturated heterocycles. The first-order valence-corrected chi connectivity index (χ1v) is 8.89. The van der Waals surface area contributed by atoms with Crippen molar-refractivity contribution in [2.75, 3.05) is 0 Å². The summed E-state index contributed by atoms with van der Waals surface area (Å²) in [6.45, 7) is 9.16. The summed E-state index contributed by atoms with van der Waals surface area (Å²) in [5.74, 6) is -0.631. The third-order valence-electron chi connectivity index (χ3n) is 4.06. The second kappa shape index (κ2) is 10.5. The summed E-state index contributed by atoms with van der Waals surface area (Å²) in [6, 6.07) is 5.58. The van der Waals surface area contributed by atoms with Gasteiger partial charge in [0.05, 0.1) is 0 Å². The van der Waals surface area contributed by atoms with Gasteiger partial charge >= 0.3 is 0 Å². The number of nitrogens with one attached hydrogen (secondary N) is 1. The van der Waals surface area contributed by atoms with E-state index in [9.17, 15) is 14.0 Å². The minimum atomic E-state index is -0.393. The van der Waals surface area contributed by atoms with Crippen molar-refractivity contribution in [2.45, 2.75) is 54.0 Å². The highest BCUT2D eigenvalue weighted by Crippen LogP contribution is 2.18. The zero-order valence-corrected chi connectivity index (χ0v) is 16.3. The van der Waals surface area contributed by atoms with Gasteiger partial charge in [-0.1, -0.05) is 43.2 Å². The van der Waals surface area contributed by atoms with Gasteiger partial charge in [0, 0.05) is 17.7 Å². The van der Waals surface area contributed by atoms with E-state index in [1.165, 1.54) is 18.2 Å². The molecule has 0 aliphatic heterocycles. The number of rotatable bonds is 8. The Kier molecular flexibility index (Phi) is 8.70. The highest BCUT2D eigenvalue weighted by Gasteiger charge is 2.13. The van der Waals surface area contributed by atoms with Crippen LogP contribution in [0.1, 0.15) is 62.5 Å². The first-order chi connectivity index (χ1) is 12.3. The lowest BCUT2D eigenvalue weighted by Gasteiger charge is -2.14. The standard InChI is InChI=1S/C22H28FNO2/c1-6-9-21-17(10-8-11-20(21)16(5)25)14-24-22(26)19(15(3)4)13-12-18(23)7-2/h7-8,10-13H,6,9,14H2,1-5H3,(H,24,26)/b13-12-,18-7+. The quantitative estimate of drug-likeness (QED) is 0.394. The molecular formula is C22H28FNO2. The molecule has 1 aromatic rings. The molecule has 1 rings (SSSR count). The van der Waals surface area contributed by atoms with Crippen LogP contribution in [0.5, 0.6) is 0 Å². The Labute approximate surface area is 155 Å². The SMILES string of the molecule is C/C=C(F)\C=C/C(C(=O)NCc1cccc(C(C)=O)c1CCC)=C(C)C. The number of ketones is 1. The Hall–Kier alpha value is -2.49. The Morgan fingerprint density at radius 3 is 2.38 bits per heavy atom. The molecule has 1 amide bonds. The zero-order chi connectivity index (χ0) is 19.7. The molecule has 0 aromatic heterocycles. The van der Waals surface area contributed by atoms with E-state index in [0.717, 1.165) is 29.5 Å². The molecule has 0 fully saturated rings. The van der Waals surface area contributed by atoms with Crippen molar-refractivity contribution in [2.24, 2.45) is 0 Å². The second-order valence-electron chi connectivity index (χ2n) is 6.35. The molecule has 0 aliphatic carbocycles. The lowest BCUT2D eigenvalue weighted by atomic mass is 9.95. The van der Waals surface area contributed by atoms with Crippen molar-refractivity contribution in [3.05, 3.63) is 70.1 Å². The van der Waals surface area contributed by atoms with Gasteiger partial charge in [-0.15, -0.1) is 0 Å². The number of hydrogen-bond donors (Lipinski definition) is 1. The molecular weight excluding hydrogens is 329 g/mol. The fourth-order valence-corrected chi connectivity index (χ4v) is 2.67. The Bertz CT molecular complexity index is 753. The number of allylic oxidation sites excluding steroid dienone is 4. The molecule has 0 unspecified atom stereocenters. The van der Waals surface area contributed by atoms with Gasteiger partial charge < -0.3 is 5.32 Å². The van der Waals surface area contributed by atoms with E-state index in [4.69, 9.17) is 0 Å². The van der Waals surface area contributed by atoms with Crippen LogP contribution in [0.4, 0.5) is 4.39 Å². The molecule has 0 aliphatic rings. The van der Waals surface area contributed by atoms with Gasteiger partial charge in [-0.05, 0) is 57.4 Å². The van der Waals surface area contributed by atoms with E-state index < -0.39 is 5.83 Å². The van der Waals surface area contributed by atoms with E-state index >= 15 is 0 Å². The monoisotopic (exact) mass is 357 g/mol. The zero-order valence-electron chi connectivity index (χ0n) is 16.3. The van der Waals surface area contributed by atoms with E-state index in [2.05, 4.69) is 12.2 Å². The Morgan fingerprint density at radius 1 is 1.15 bits per heavy atom. The second-order valence-corrected chi connectivity index (χ2v) is 6.35. The maximum absolute atomic E-state index is 13.3. The first-order valence-electron chi connectivity index (χ1n) is 8.89. The van der Waals surface area contributed by atoms with Crippen LogP contribution in [-0.2, 0) is 17.8 Å². The average molecular weight is 357 g/mol. The number of carbonyl (C=O) groups is 2. The lowest BCUT2D eigenvalue weighted by Crippen LogP contribution is -2.25. The number of halogens is 1. The van der Waals surface area contributed by atoms with Crippen LogP contribution in [-0.4, -0.2) is 11.7 Å². The molecule has 0 heterocycles. The smallest absolute Gasteiger partial charge is 0.251 e. The summed E-state index contributed by atoms with van der Waals surface area (Å²) < 4.78 is 13.3. The fraction of sp³-hybridized carbons (Fsp3) is 0.364. The number of amides is 1. The minimum absolute atomic E-state index is 0.0244. The molecule has 0 bridgehead atoms. The summed E-state index contributed by atoms with van der Waals surface area (Å²) >= 11 is 0. The van der Waals surface area contributed by atoms with Crippen molar-refractivity contribution < 1.29 is 14.0 Å². The molecule has 1 N–H and O–H groups in total. The fourth-order valence-electron chi connectivity index (χ4n) is 2.67. The maximum Gasteiger partial charge on any atom is 0.251 e. The van der Waals surface area contributed by atoms with Gasteiger partial charge in [-0.3, -0.25) is 9.59 Å². The van der Waals surface area contributed by atoms with Crippen LogP contribution < -0.4 is 5.32 Å². The third kappa shape index (κ3) is 6.10. The van der Waals surface area contributed by atoms with Crippen LogP contribution in [0.3, 0.4) is 0 Å². The topological polar surface area (TPSA) is 46.2 Å². The highest BCUT2D eigenvalue weighted by molar-refractivity contribution is 5.97. The van der Waals surface area contributed by atoms with Crippen molar-refractivity contribution >= 4 is 11.7 Å². The minimum Gasteiger partial charge on any atom is -0.348 e. The predicted octanol–water partition coefficient (Wildman–Crippen LogP) is 5.22. The molecule has 0 atom stereocenters. The van der Waals surface area contributed by atoms with Crippen molar-refractivity contribution in [1.29, 1.82) is 0 Å². The molecule has 0 radical (unpaired) electrons. The number of hydrogen-bond acceptors (Lipinski definition) is 2. The van der Waals surface area contributed by atoms with Crippen molar-refractivity contribution in [3.63, 3.8) is 0 Å². The third-order valence-corrected chi connectivity index (χ3v) is 4.06. The molecule has 140 valence electrons. The predicted molar refractivity (Wildman–Crippen MR) is 105 cm³/mol. The Morgan fingerprint density at radius 2 is 1.85 bits per heavy atom. The van der Waals surface area contributed by atoms with Crippen LogP contribution in [0, 0.1) is 0 Å². The summed E-state index contributed by atoms with van der Waals surface area (Å²) in [5, 5.41) is 2.89. The van der Waals surface area contributed by atoms with Gasteiger partial charge in [0.1, 0.15) is 5.83 Å². The van der Waals surface area contributed by atoms with Crippen molar-refractivity contribution in [3.8, 4) is 0 Å². The molecule has 0 saturated carbocycles. The summed E-state index contributed by atoms with van der Waals surface area (Å²) in [4.78, 5) is 24.4. The molecule has 1 aromatic carbocycles. The van der Waals surface area contributed by atoms with E-state index in [1.54, 1.807) is 13.8 Å². The van der Waals surface area contributed by atoms with Crippen LogP contribution in [0.15, 0.2) is 53.4 Å². The molecule has 26 heavy (non-hydrogen) atoms. The number of carbonyl (C=O) groups excluding carboxylic acids is 2. The average Bonchev–Trinajstić information content (AvgIpc) is 2.60. The van der Waals surface area contributed by atoms with E-state index in [1.807, 2.05) is 32.0 Å². The number of benzene rings is 1. The largest absolute Gasteiger partial charge is 0.348 e. The molecule has 4 heteroatoms. The summed E-state index contributed by atoms with van der Waals surface area (Å²) in [7, 11) is 0. The summed E-state index contributed by atoms with van der Waals surface area (Å²) in [5.41, 5.74) is 3.86. The van der Waals surface area contributed by atoms with Gasteiger partial charge in [0.25, 0.3) is 5.91 Å². The van der Waals surface area contributed by atoms with Gasteiger partial charge in [-0.25, -0.2) is 4.39 Å². The number of Topliss-reactive ketones (excluding diaryl/α,β-unsaturated/α-hetero) is 1. The van der Waals surface area contributed by atoms with Gasteiger partial charge in [0.15, 0.2) is 5.78 Å². The van der Waals surface area contributed by atoms with E-state index in [0.29, 0.717) is 17.7 Å². The lowest BCUT2D eigenvalue weighted by molar-refractivity contribution is -0.117. The maximum atomic E-state index is 13.3. The van der Waals surface area contributed by atoms with Crippen LogP contribution in [0.2, 0.25) is 0 Å².